The largest absolute Gasteiger partial charge is 0.409 e. The maximum Gasteiger partial charge on any atom is 0.409 e. The lowest BCUT2D eigenvalue weighted by molar-refractivity contribution is -0.131. The van der Waals surface area contributed by atoms with E-state index in [9.17, 15) is 13.2 Å². The number of nitrogens with zero attached hydrogens (tertiary/aromatic N) is 1. The van der Waals surface area contributed by atoms with Crippen molar-refractivity contribution in [3.05, 3.63) is 17.5 Å². The summed E-state index contributed by atoms with van der Waals surface area (Å²) in [6.07, 6.45) is -3.34. The molecule has 6 heteroatoms. The van der Waals surface area contributed by atoms with Crippen LogP contribution in [0.5, 0.6) is 0 Å². The number of hydrogen-bond acceptors (Lipinski definition) is 1. The van der Waals surface area contributed by atoms with Crippen molar-refractivity contribution in [1.82, 2.24) is 10.2 Å². The summed E-state index contributed by atoms with van der Waals surface area (Å²) in [5, 5.41) is 3.86. The zero-order valence-corrected chi connectivity index (χ0v) is 6.87. The molecule has 0 aromatic carbocycles. The van der Waals surface area contributed by atoms with Crippen LogP contribution in [0.4, 0.5) is 13.2 Å². The average molecular weight is 199 g/mol. The summed E-state index contributed by atoms with van der Waals surface area (Å²) in [6.45, 7) is 1.49. The molecule has 0 saturated heterocycles. The quantitative estimate of drug-likeness (QED) is 0.691. The molecule has 1 N–H and O–H groups in total. The first kappa shape index (κ1) is 9.38. The highest BCUT2D eigenvalue weighted by Gasteiger charge is 2.40. The molecule has 1 atom stereocenters. The number of aromatic amines is 1. The van der Waals surface area contributed by atoms with E-state index in [0.29, 0.717) is 5.69 Å². The first-order valence-corrected chi connectivity index (χ1v) is 3.57. The van der Waals surface area contributed by atoms with Gasteiger partial charge in [-0.15, -0.1) is 11.6 Å². The highest BCUT2D eigenvalue weighted by Crippen LogP contribution is 2.38. The third-order valence-corrected chi connectivity index (χ3v) is 1.91. The summed E-state index contributed by atoms with van der Waals surface area (Å²) < 4.78 is 36.1. The zero-order valence-electron chi connectivity index (χ0n) is 6.11. The second kappa shape index (κ2) is 2.97. The van der Waals surface area contributed by atoms with Crippen LogP contribution in [0.2, 0.25) is 0 Å². The minimum Gasteiger partial charge on any atom is -0.283 e. The van der Waals surface area contributed by atoms with Crippen LogP contribution in [0.1, 0.15) is 16.6 Å². The van der Waals surface area contributed by atoms with Gasteiger partial charge in [0.15, 0.2) is 5.38 Å². The summed E-state index contributed by atoms with van der Waals surface area (Å²) >= 11 is 5.14. The van der Waals surface area contributed by atoms with Crippen LogP contribution < -0.4 is 0 Å². The summed E-state index contributed by atoms with van der Waals surface area (Å²) in [4.78, 5) is 0. The van der Waals surface area contributed by atoms with Gasteiger partial charge in [0, 0.05) is 11.3 Å². The molecule has 0 fully saturated rings. The molecule has 1 aromatic heterocycles. The SMILES string of the molecule is Cc1[nH]ncc1C(Cl)C(F)(F)F. The molecule has 1 unspecified atom stereocenters. The maximum atomic E-state index is 12.0. The molecule has 1 aromatic rings. The van der Waals surface area contributed by atoms with E-state index in [4.69, 9.17) is 11.6 Å². The number of H-pyrrole nitrogens is 1. The van der Waals surface area contributed by atoms with Gasteiger partial charge in [0.25, 0.3) is 0 Å². The predicted molar refractivity (Wildman–Crippen MR) is 38.0 cm³/mol. The molecular formula is C6H6ClF3N2. The fourth-order valence-corrected chi connectivity index (χ4v) is 1.01. The van der Waals surface area contributed by atoms with Crippen LogP contribution in [0, 0.1) is 6.92 Å². The van der Waals surface area contributed by atoms with Crippen LogP contribution in [0.15, 0.2) is 6.20 Å². The number of nitrogens with one attached hydrogen (secondary N) is 1. The fraction of sp³-hybridized carbons (Fsp3) is 0.500. The molecule has 1 rings (SSSR count). The number of alkyl halides is 4. The van der Waals surface area contributed by atoms with Gasteiger partial charge in [0.05, 0.1) is 6.20 Å². The molecule has 0 amide bonds. The standard InChI is InChI=1S/C6H6ClF3N2/c1-3-4(2-11-12-3)5(7)6(8,9)10/h2,5H,1H3,(H,11,12). The Kier molecular flexibility index (Phi) is 2.32. The number of halogens is 4. The second-order valence-electron chi connectivity index (χ2n) is 2.35. The van der Waals surface area contributed by atoms with E-state index in [-0.39, 0.29) is 5.56 Å². The van der Waals surface area contributed by atoms with Gasteiger partial charge in [-0.25, -0.2) is 0 Å². The van der Waals surface area contributed by atoms with Gasteiger partial charge in [-0.1, -0.05) is 0 Å². The molecule has 0 aliphatic heterocycles. The topological polar surface area (TPSA) is 28.7 Å². The molecule has 0 aliphatic rings. The van der Waals surface area contributed by atoms with E-state index < -0.39 is 11.6 Å². The Hall–Kier alpha value is -0.710. The smallest absolute Gasteiger partial charge is 0.283 e. The number of aryl methyl sites for hydroxylation is 1. The van der Waals surface area contributed by atoms with Crippen LogP contribution in [-0.2, 0) is 0 Å². The van der Waals surface area contributed by atoms with Crippen molar-refractivity contribution < 1.29 is 13.2 Å². The minimum absolute atomic E-state index is 0.0239. The lowest BCUT2D eigenvalue weighted by Gasteiger charge is -2.12. The molecule has 0 spiro atoms. The van der Waals surface area contributed by atoms with Crippen molar-refractivity contribution >= 4 is 11.6 Å². The Morgan fingerprint density at radius 1 is 1.58 bits per heavy atom. The molecule has 0 radical (unpaired) electrons. The van der Waals surface area contributed by atoms with Crippen molar-refractivity contribution in [3.8, 4) is 0 Å². The van der Waals surface area contributed by atoms with Crippen LogP contribution in [0.3, 0.4) is 0 Å². The highest BCUT2D eigenvalue weighted by atomic mass is 35.5. The lowest BCUT2D eigenvalue weighted by atomic mass is 10.2. The summed E-state index contributed by atoms with van der Waals surface area (Å²) in [7, 11) is 0. The maximum absolute atomic E-state index is 12.0. The monoisotopic (exact) mass is 198 g/mol. The third-order valence-electron chi connectivity index (χ3n) is 1.43. The molecule has 1 heterocycles. The van der Waals surface area contributed by atoms with Gasteiger partial charge in [-0.2, -0.15) is 18.3 Å². The molecule has 0 saturated carbocycles. The van der Waals surface area contributed by atoms with Crippen molar-refractivity contribution in [2.75, 3.05) is 0 Å². The van der Waals surface area contributed by atoms with Crippen LogP contribution in [0.25, 0.3) is 0 Å². The molecule has 68 valence electrons. The van der Waals surface area contributed by atoms with Gasteiger partial charge in [0.2, 0.25) is 0 Å². The van der Waals surface area contributed by atoms with E-state index in [1.807, 2.05) is 0 Å². The third kappa shape index (κ3) is 1.72. The van der Waals surface area contributed by atoms with Crippen molar-refractivity contribution in [3.63, 3.8) is 0 Å². The van der Waals surface area contributed by atoms with E-state index >= 15 is 0 Å². The van der Waals surface area contributed by atoms with E-state index in [0.717, 1.165) is 6.20 Å². The highest BCUT2D eigenvalue weighted by molar-refractivity contribution is 6.21. The zero-order chi connectivity index (χ0) is 9.35. The second-order valence-corrected chi connectivity index (χ2v) is 2.79. The Labute approximate surface area is 71.7 Å². The van der Waals surface area contributed by atoms with Gasteiger partial charge in [0.1, 0.15) is 0 Å². The molecule has 2 nitrogen and oxygen atoms in total. The fourth-order valence-electron chi connectivity index (χ4n) is 0.792. The van der Waals surface area contributed by atoms with E-state index in [2.05, 4.69) is 10.2 Å². The van der Waals surface area contributed by atoms with Crippen LogP contribution in [-0.4, -0.2) is 16.4 Å². The molecule has 0 bridgehead atoms. The number of aromatic nitrogens is 2. The summed E-state index contributed by atoms with van der Waals surface area (Å²) in [5.74, 6) is 0. The van der Waals surface area contributed by atoms with Crippen molar-refractivity contribution in [1.29, 1.82) is 0 Å². The number of rotatable bonds is 1. The van der Waals surface area contributed by atoms with Crippen molar-refractivity contribution in [2.45, 2.75) is 18.5 Å². The molecule has 0 aliphatic carbocycles. The number of hydrogen-bond donors (Lipinski definition) is 1. The van der Waals surface area contributed by atoms with Gasteiger partial charge < -0.3 is 0 Å². The predicted octanol–water partition coefficient (Wildman–Crippen LogP) is 2.56. The lowest BCUT2D eigenvalue weighted by Crippen LogP contribution is -2.15. The first-order valence-electron chi connectivity index (χ1n) is 3.13. The Balaban J connectivity index is 2.92. The Bertz CT molecular complexity index is 268. The van der Waals surface area contributed by atoms with Gasteiger partial charge in [-0.05, 0) is 6.92 Å². The Morgan fingerprint density at radius 2 is 2.17 bits per heavy atom. The van der Waals surface area contributed by atoms with Crippen LogP contribution >= 0.6 is 11.6 Å². The van der Waals surface area contributed by atoms with Crippen molar-refractivity contribution in [2.24, 2.45) is 0 Å². The van der Waals surface area contributed by atoms with E-state index in [1.165, 1.54) is 6.92 Å². The summed E-state index contributed by atoms with van der Waals surface area (Å²) in [5.41, 5.74) is 0.316. The normalized spacial score (nSPS) is 14.8. The summed E-state index contributed by atoms with van der Waals surface area (Å²) in [6, 6.07) is 0. The van der Waals surface area contributed by atoms with Gasteiger partial charge in [-0.3, -0.25) is 5.10 Å². The van der Waals surface area contributed by atoms with E-state index in [1.54, 1.807) is 0 Å². The first-order chi connectivity index (χ1) is 5.43. The molecule has 12 heavy (non-hydrogen) atoms. The minimum atomic E-state index is -4.42. The van der Waals surface area contributed by atoms with Gasteiger partial charge >= 0.3 is 6.18 Å². The average Bonchev–Trinajstić information content (AvgIpc) is 2.31. The molecular weight excluding hydrogens is 193 g/mol. The Morgan fingerprint density at radius 3 is 2.50 bits per heavy atom.